The van der Waals surface area contributed by atoms with Crippen molar-refractivity contribution in [3.05, 3.63) is 46.5 Å². The number of nitrogens with zero attached hydrogens (tertiary/aromatic N) is 4. The van der Waals surface area contributed by atoms with E-state index in [1.807, 2.05) is 15.2 Å². The summed E-state index contributed by atoms with van der Waals surface area (Å²) in [4.78, 5) is 78.7. The van der Waals surface area contributed by atoms with Gasteiger partial charge in [-0.15, -0.1) is 0 Å². The van der Waals surface area contributed by atoms with Gasteiger partial charge in [-0.2, -0.15) is 15.2 Å². The summed E-state index contributed by atoms with van der Waals surface area (Å²) < 4.78 is 24.8. The van der Waals surface area contributed by atoms with Gasteiger partial charge in [0.1, 0.15) is 0 Å². The average Bonchev–Trinajstić information content (AvgIpc) is 3.70. The van der Waals surface area contributed by atoms with E-state index in [2.05, 4.69) is 123 Å². The predicted molar refractivity (Wildman–Crippen MR) is 264 cm³/mol. The largest absolute Gasteiger partial charge is 0.462 e. The second-order valence-corrected chi connectivity index (χ2v) is 24.9. The van der Waals surface area contributed by atoms with Crippen molar-refractivity contribution in [1.82, 2.24) is 20.1 Å². The first-order valence-electron chi connectivity index (χ1n) is 24.7. The number of hydrogen-bond donors (Lipinski definition) is 0. The number of rotatable bonds is 15. The summed E-state index contributed by atoms with van der Waals surface area (Å²) in [5.74, 6) is -3.28. The van der Waals surface area contributed by atoms with Crippen LogP contribution >= 0.6 is 0 Å². The third-order valence-corrected chi connectivity index (χ3v) is 17.2. The second kappa shape index (κ2) is 18.7. The minimum absolute atomic E-state index is 0.00304. The summed E-state index contributed by atoms with van der Waals surface area (Å²) in [5, 5.41) is 5.89. The Hall–Kier alpha value is -3.70. The first-order chi connectivity index (χ1) is 31.6. The minimum atomic E-state index is -0.731. The van der Waals surface area contributed by atoms with Crippen LogP contribution in [0, 0.1) is 23.7 Å². The molecule has 4 aliphatic heterocycles. The second-order valence-electron chi connectivity index (χ2n) is 24.9. The van der Waals surface area contributed by atoms with Gasteiger partial charge < -0.3 is 33.5 Å². The molecule has 69 heavy (non-hydrogen) atoms. The van der Waals surface area contributed by atoms with E-state index in [4.69, 9.17) is 33.5 Å². The molecule has 4 atom stereocenters. The van der Waals surface area contributed by atoms with E-state index in [0.717, 1.165) is 6.42 Å². The standard InChI is InChI=1S/C54H84N4O11/c1-47(2)25-33(51(9,10)55(47)17)29-66-43(59)37-21-22-39(45(61)68-31-35-27-49(5,6)57(64-19)53(35,13)14)42-40(46(62)69-32-36-28-50(7,8)58(65-20)54(36,15)16)24-23-38(41(37)42)44(60)67-30-34-26-48(3,4)56(63-18)52(34,11)12/h21-24,33-36H,25-32H2,1-20H3. The third-order valence-electron chi connectivity index (χ3n) is 17.2. The van der Waals surface area contributed by atoms with Crippen molar-refractivity contribution in [2.75, 3.05) is 54.8 Å². The fraction of sp³-hybridized carbons (Fsp3) is 0.741. The van der Waals surface area contributed by atoms with Gasteiger partial charge in [0.05, 0.1) is 70.0 Å². The predicted octanol–water partition coefficient (Wildman–Crippen LogP) is 9.30. The van der Waals surface area contributed by atoms with Gasteiger partial charge in [0, 0.05) is 78.8 Å². The average molecular weight is 965 g/mol. The van der Waals surface area contributed by atoms with Crippen LogP contribution in [0.1, 0.15) is 178 Å². The van der Waals surface area contributed by atoms with Crippen molar-refractivity contribution in [3.8, 4) is 0 Å². The van der Waals surface area contributed by atoms with Gasteiger partial charge in [-0.3, -0.25) is 4.90 Å². The quantitative estimate of drug-likeness (QED) is 0.123. The molecule has 2 aromatic rings. The maximum Gasteiger partial charge on any atom is 0.338 e. The first-order valence-corrected chi connectivity index (χ1v) is 24.7. The Morgan fingerprint density at radius 3 is 0.812 bits per heavy atom. The summed E-state index contributed by atoms with van der Waals surface area (Å²) >= 11 is 0. The molecule has 386 valence electrons. The number of benzene rings is 2. The normalized spacial score (nSPS) is 27.7. The van der Waals surface area contributed by atoms with Crippen molar-refractivity contribution >= 4 is 34.6 Å². The van der Waals surface area contributed by atoms with Gasteiger partial charge in [-0.05, 0) is 168 Å². The molecule has 0 N–H and O–H groups in total. The molecule has 4 heterocycles. The third kappa shape index (κ3) is 9.71. The van der Waals surface area contributed by atoms with Crippen LogP contribution in [0.2, 0.25) is 0 Å². The van der Waals surface area contributed by atoms with Crippen LogP contribution in [0.3, 0.4) is 0 Å². The molecule has 4 fully saturated rings. The van der Waals surface area contributed by atoms with Gasteiger partial charge in [0.15, 0.2) is 0 Å². The van der Waals surface area contributed by atoms with Gasteiger partial charge in [0.2, 0.25) is 0 Å². The first kappa shape index (κ1) is 54.6. The van der Waals surface area contributed by atoms with Crippen LogP contribution in [-0.2, 0) is 33.5 Å². The SMILES string of the molecule is CON1C(C)(C)CC(COC(=O)c2ccc(C(=O)OCC3CC(C)(C)N(OC)C3(C)C)c3c(C(=O)OCC4CC(C)(C)N(OC)C4(C)C)ccc(C(=O)OCC4CC(C)(C)N(C)C4(C)C)c23)C1(C)C. The minimum Gasteiger partial charge on any atom is -0.462 e. The van der Waals surface area contributed by atoms with E-state index < -0.39 is 40.5 Å². The number of carbonyl (C=O) groups excluding carboxylic acids is 4. The highest BCUT2D eigenvalue weighted by molar-refractivity contribution is 6.22. The van der Waals surface area contributed by atoms with Crippen molar-refractivity contribution in [2.45, 2.75) is 181 Å². The highest BCUT2D eigenvalue weighted by atomic mass is 16.7. The Morgan fingerprint density at radius 1 is 0.406 bits per heavy atom. The lowest BCUT2D eigenvalue weighted by Gasteiger charge is -2.39. The number of likely N-dealkylation sites (tertiary alicyclic amines) is 1. The molecule has 6 rings (SSSR count). The van der Waals surface area contributed by atoms with Crippen molar-refractivity contribution in [2.24, 2.45) is 23.7 Å². The molecule has 15 heteroatoms. The molecular formula is C54H84N4O11. The van der Waals surface area contributed by atoms with E-state index >= 15 is 0 Å². The molecule has 0 spiro atoms. The van der Waals surface area contributed by atoms with E-state index in [1.165, 1.54) is 24.3 Å². The van der Waals surface area contributed by atoms with E-state index in [0.29, 0.717) is 19.3 Å². The van der Waals surface area contributed by atoms with Crippen molar-refractivity contribution < 1.29 is 52.6 Å². The van der Waals surface area contributed by atoms with E-state index in [1.54, 1.807) is 21.3 Å². The number of hydrogen-bond acceptors (Lipinski definition) is 15. The Bertz CT molecular complexity index is 2230. The molecule has 0 radical (unpaired) electrons. The van der Waals surface area contributed by atoms with Crippen LogP contribution in [0.4, 0.5) is 0 Å². The molecule has 4 unspecified atom stereocenters. The molecule has 0 amide bonds. The number of fused-ring (bicyclic) bond motifs is 1. The Kier molecular flexibility index (Phi) is 14.8. The van der Waals surface area contributed by atoms with Gasteiger partial charge >= 0.3 is 23.9 Å². The highest BCUT2D eigenvalue weighted by Gasteiger charge is 2.55. The summed E-state index contributed by atoms with van der Waals surface area (Å²) in [5.41, 5.74) is -2.97. The van der Waals surface area contributed by atoms with Crippen LogP contribution < -0.4 is 0 Å². The molecule has 0 aliphatic carbocycles. The molecule has 2 aromatic carbocycles. The van der Waals surface area contributed by atoms with Crippen LogP contribution in [-0.4, -0.2) is 143 Å². The van der Waals surface area contributed by atoms with Crippen LogP contribution in [0.15, 0.2) is 24.3 Å². The summed E-state index contributed by atoms with van der Waals surface area (Å²) in [7, 11) is 7.00. The Balaban J connectivity index is 1.46. The lowest BCUT2D eigenvalue weighted by molar-refractivity contribution is -0.224. The lowest BCUT2D eigenvalue weighted by Crippen LogP contribution is -2.49. The van der Waals surface area contributed by atoms with Crippen molar-refractivity contribution in [3.63, 3.8) is 0 Å². The molecule has 0 aromatic heterocycles. The highest BCUT2D eigenvalue weighted by Crippen LogP contribution is 2.48. The summed E-state index contributed by atoms with van der Waals surface area (Å²) in [6.45, 7) is 33.7. The van der Waals surface area contributed by atoms with E-state index in [-0.39, 0.29) is 111 Å². The van der Waals surface area contributed by atoms with Gasteiger partial charge in [-0.1, -0.05) is 0 Å². The summed E-state index contributed by atoms with van der Waals surface area (Å²) in [6, 6.07) is 5.93. The zero-order valence-corrected chi connectivity index (χ0v) is 45.6. The lowest BCUT2D eigenvalue weighted by atomic mass is 9.87. The smallest absolute Gasteiger partial charge is 0.338 e. The van der Waals surface area contributed by atoms with Crippen LogP contribution in [0.5, 0.6) is 0 Å². The maximum absolute atomic E-state index is 14.7. The molecule has 4 saturated heterocycles. The summed E-state index contributed by atoms with van der Waals surface area (Å²) in [6.07, 6.45) is 2.82. The van der Waals surface area contributed by atoms with Gasteiger partial charge in [-0.25, -0.2) is 19.2 Å². The fourth-order valence-corrected chi connectivity index (χ4v) is 13.4. The maximum atomic E-state index is 14.7. The van der Waals surface area contributed by atoms with Crippen molar-refractivity contribution in [1.29, 1.82) is 0 Å². The zero-order chi connectivity index (χ0) is 51.8. The molecule has 15 nitrogen and oxygen atoms in total. The van der Waals surface area contributed by atoms with E-state index in [9.17, 15) is 19.2 Å². The number of carbonyl (C=O) groups is 4. The molecular weight excluding hydrogens is 881 g/mol. The Morgan fingerprint density at radius 2 is 0.623 bits per heavy atom. The zero-order valence-electron chi connectivity index (χ0n) is 45.6. The number of esters is 4. The molecule has 0 bridgehead atoms. The topological polar surface area (TPSA) is 146 Å². The number of ether oxygens (including phenoxy) is 4. The molecule has 0 saturated carbocycles. The number of hydroxylamine groups is 6. The van der Waals surface area contributed by atoms with Gasteiger partial charge in [0.25, 0.3) is 0 Å². The monoisotopic (exact) mass is 965 g/mol. The fourth-order valence-electron chi connectivity index (χ4n) is 13.4. The van der Waals surface area contributed by atoms with Crippen LogP contribution in [0.25, 0.3) is 10.8 Å². The molecule has 4 aliphatic rings. The Labute approximate surface area is 411 Å².